The first kappa shape index (κ1) is 14.2. The molecule has 0 spiro atoms. The third-order valence-corrected chi connectivity index (χ3v) is 3.26. The lowest BCUT2D eigenvalue weighted by Gasteiger charge is -2.07. The molecule has 22 heavy (non-hydrogen) atoms. The highest BCUT2D eigenvalue weighted by molar-refractivity contribution is 6.30. The molecule has 0 aliphatic rings. The molecule has 2 aromatic heterocycles. The molecule has 3 aromatic rings. The molecule has 0 saturated carbocycles. The van der Waals surface area contributed by atoms with E-state index >= 15 is 0 Å². The van der Waals surface area contributed by atoms with E-state index in [-0.39, 0.29) is 18.0 Å². The molecule has 0 radical (unpaired) electrons. The minimum Gasteiger partial charge on any atom is -0.309 e. The maximum atomic E-state index is 12.3. The number of anilines is 1. The van der Waals surface area contributed by atoms with Crippen LogP contribution < -0.4 is 10.9 Å². The van der Waals surface area contributed by atoms with Gasteiger partial charge >= 0.3 is 0 Å². The third kappa shape index (κ3) is 2.96. The number of aromatic nitrogens is 3. The van der Waals surface area contributed by atoms with Crippen molar-refractivity contribution in [2.24, 2.45) is 0 Å². The van der Waals surface area contributed by atoms with Gasteiger partial charge in [-0.1, -0.05) is 23.7 Å². The molecule has 1 aromatic carbocycles. The van der Waals surface area contributed by atoms with E-state index < -0.39 is 0 Å². The molecular formula is C15H11ClN4O2. The minimum absolute atomic E-state index is 0.138. The van der Waals surface area contributed by atoms with Crippen molar-refractivity contribution in [3.63, 3.8) is 0 Å². The third-order valence-electron chi connectivity index (χ3n) is 3.04. The van der Waals surface area contributed by atoms with Crippen molar-refractivity contribution < 1.29 is 4.79 Å². The van der Waals surface area contributed by atoms with Crippen LogP contribution in [0.2, 0.25) is 5.02 Å². The van der Waals surface area contributed by atoms with E-state index in [1.807, 2.05) is 0 Å². The van der Waals surface area contributed by atoms with Gasteiger partial charge in [-0.15, -0.1) is 0 Å². The highest BCUT2D eigenvalue weighted by Gasteiger charge is 2.08. The maximum Gasteiger partial charge on any atom is 0.261 e. The molecule has 2 heterocycles. The molecule has 0 unspecified atom stereocenters. The monoisotopic (exact) mass is 314 g/mol. The summed E-state index contributed by atoms with van der Waals surface area (Å²) in [5.41, 5.74) is 0.341. The number of pyridine rings is 1. The van der Waals surface area contributed by atoms with Crippen LogP contribution in [0.25, 0.3) is 10.9 Å². The Kier molecular flexibility index (Phi) is 3.84. The zero-order chi connectivity index (χ0) is 15.5. The summed E-state index contributed by atoms with van der Waals surface area (Å²) in [6.07, 6.45) is 2.79. The predicted octanol–water partition coefficient (Wildman–Crippen LogP) is 2.08. The van der Waals surface area contributed by atoms with Gasteiger partial charge in [-0.05, 0) is 24.3 Å². The Bertz CT molecular complexity index is 890. The van der Waals surface area contributed by atoms with Crippen molar-refractivity contribution in [2.45, 2.75) is 6.54 Å². The number of fused-ring (bicyclic) bond motifs is 1. The molecule has 0 aliphatic carbocycles. The average Bonchev–Trinajstić information content (AvgIpc) is 2.53. The van der Waals surface area contributed by atoms with Crippen LogP contribution >= 0.6 is 11.6 Å². The summed E-state index contributed by atoms with van der Waals surface area (Å²) >= 11 is 5.73. The second-order valence-electron chi connectivity index (χ2n) is 4.60. The summed E-state index contributed by atoms with van der Waals surface area (Å²) in [4.78, 5) is 32.4. The fourth-order valence-electron chi connectivity index (χ4n) is 2.01. The number of rotatable bonds is 3. The quantitative estimate of drug-likeness (QED) is 0.803. The Morgan fingerprint density at radius 3 is 2.77 bits per heavy atom. The molecule has 110 valence electrons. The number of nitrogens with one attached hydrogen (secondary N) is 1. The van der Waals surface area contributed by atoms with Crippen LogP contribution in [0.15, 0.2) is 53.7 Å². The number of halogens is 1. The molecule has 7 heteroatoms. The maximum absolute atomic E-state index is 12.3. The van der Waals surface area contributed by atoms with Gasteiger partial charge in [0.2, 0.25) is 5.91 Å². The lowest BCUT2D eigenvalue weighted by molar-refractivity contribution is -0.116. The Morgan fingerprint density at radius 1 is 1.18 bits per heavy atom. The van der Waals surface area contributed by atoms with E-state index in [4.69, 9.17) is 11.6 Å². The normalized spacial score (nSPS) is 10.6. The number of carbonyl (C=O) groups is 1. The van der Waals surface area contributed by atoms with Gasteiger partial charge in [0, 0.05) is 6.20 Å². The first-order valence-electron chi connectivity index (χ1n) is 6.49. The number of carbonyl (C=O) groups excluding carboxylic acids is 1. The number of benzene rings is 1. The van der Waals surface area contributed by atoms with Crippen molar-refractivity contribution in [1.82, 2.24) is 14.5 Å². The SMILES string of the molecule is O=C(Cn1cnc2ccccc2c1=O)Nc1ccc(Cl)cn1. The van der Waals surface area contributed by atoms with Crippen LogP contribution in [0, 0.1) is 0 Å². The topological polar surface area (TPSA) is 76.9 Å². The Morgan fingerprint density at radius 2 is 2.00 bits per heavy atom. The average molecular weight is 315 g/mol. The van der Waals surface area contributed by atoms with E-state index in [0.29, 0.717) is 21.7 Å². The van der Waals surface area contributed by atoms with Crippen LogP contribution in [0.4, 0.5) is 5.82 Å². The number of hydrogen-bond donors (Lipinski definition) is 1. The zero-order valence-electron chi connectivity index (χ0n) is 11.4. The van der Waals surface area contributed by atoms with Gasteiger partial charge in [0.25, 0.3) is 5.56 Å². The largest absolute Gasteiger partial charge is 0.309 e. The van der Waals surface area contributed by atoms with E-state index in [1.165, 1.54) is 17.1 Å². The van der Waals surface area contributed by atoms with Crippen LogP contribution in [-0.2, 0) is 11.3 Å². The van der Waals surface area contributed by atoms with E-state index in [2.05, 4.69) is 15.3 Å². The number of amides is 1. The number of nitrogens with zero attached hydrogens (tertiary/aromatic N) is 3. The van der Waals surface area contributed by atoms with Crippen molar-refractivity contribution in [1.29, 1.82) is 0 Å². The van der Waals surface area contributed by atoms with Gasteiger partial charge < -0.3 is 5.32 Å². The zero-order valence-corrected chi connectivity index (χ0v) is 12.1. The summed E-state index contributed by atoms with van der Waals surface area (Å²) in [5, 5.41) is 3.55. The summed E-state index contributed by atoms with van der Waals surface area (Å²) in [6, 6.07) is 10.2. The van der Waals surface area contributed by atoms with Crippen LogP contribution in [-0.4, -0.2) is 20.4 Å². The van der Waals surface area contributed by atoms with E-state index in [1.54, 1.807) is 36.4 Å². The van der Waals surface area contributed by atoms with Crippen molar-refractivity contribution in [2.75, 3.05) is 5.32 Å². The molecule has 1 amide bonds. The Balaban J connectivity index is 1.81. The smallest absolute Gasteiger partial charge is 0.261 e. The first-order chi connectivity index (χ1) is 10.6. The van der Waals surface area contributed by atoms with Gasteiger partial charge in [0.1, 0.15) is 12.4 Å². The van der Waals surface area contributed by atoms with Crippen LogP contribution in [0.1, 0.15) is 0 Å². The van der Waals surface area contributed by atoms with Gasteiger partial charge in [-0.2, -0.15) is 0 Å². The molecule has 1 N–H and O–H groups in total. The molecule has 6 nitrogen and oxygen atoms in total. The fourth-order valence-corrected chi connectivity index (χ4v) is 2.12. The number of para-hydroxylation sites is 1. The minimum atomic E-state index is -0.367. The second-order valence-corrected chi connectivity index (χ2v) is 5.04. The molecule has 0 atom stereocenters. The molecular weight excluding hydrogens is 304 g/mol. The van der Waals surface area contributed by atoms with E-state index in [9.17, 15) is 9.59 Å². The standard InChI is InChI=1S/C15H11ClN4O2/c16-10-5-6-13(17-7-10)19-14(21)8-20-9-18-12-4-2-1-3-11(12)15(20)22/h1-7,9H,8H2,(H,17,19,21). The van der Waals surface area contributed by atoms with Crippen molar-refractivity contribution in [3.05, 3.63) is 64.3 Å². The lowest BCUT2D eigenvalue weighted by atomic mass is 10.2. The number of hydrogen-bond acceptors (Lipinski definition) is 4. The molecule has 0 aliphatic heterocycles. The molecule has 3 rings (SSSR count). The Labute approximate surface area is 130 Å². The van der Waals surface area contributed by atoms with Gasteiger partial charge in [-0.3, -0.25) is 14.2 Å². The highest BCUT2D eigenvalue weighted by atomic mass is 35.5. The molecule has 0 fully saturated rings. The van der Waals surface area contributed by atoms with Gasteiger partial charge in [-0.25, -0.2) is 9.97 Å². The predicted molar refractivity (Wildman–Crippen MR) is 83.9 cm³/mol. The van der Waals surface area contributed by atoms with Gasteiger partial charge in [0.15, 0.2) is 0 Å². The lowest BCUT2D eigenvalue weighted by Crippen LogP contribution is -2.28. The Hall–Kier alpha value is -2.73. The van der Waals surface area contributed by atoms with Gasteiger partial charge in [0.05, 0.1) is 22.3 Å². The molecule has 0 saturated heterocycles. The summed E-state index contributed by atoms with van der Waals surface area (Å²) in [6.45, 7) is -0.138. The second kappa shape index (κ2) is 5.95. The van der Waals surface area contributed by atoms with E-state index in [0.717, 1.165) is 0 Å². The van der Waals surface area contributed by atoms with Crippen molar-refractivity contribution >= 4 is 34.2 Å². The van der Waals surface area contributed by atoms with Crippen molar-refractivity contribution in [3.8, 4) is 0 Å². The summed E-state index contributed by atoms with van der Waals surface area (Å²) in [5.74, 6) is 0.00482. The summed E-state index contributed by atoms with van der Waals surface area (Å²) in [7, 11) is 0. The van der Waals surface area contributed by atoms with Crippen LogP contribution in [0.3, 0.4) is 0 Å². The first-order valence-corrected chi connectivity index (χ1v) is 6.87. The van der Waals surface area contributed by atoms with Crippen LogP contribution in [0.5, 0.6) is 0 Å². The summed E-state index contributed by atoms with van der Waals surface area (Å²) < 4.78 is 1.26. The fraction of sp³-hybridized carbons (Fsp3) is 0.0667. The molecule has 0 bridgehead atoms. The highest BCUT2D eigenvalue weighted by Crippen LogP contribution is 2.09.